The molecular weight excluding hydrogens is 520 g/mol. The molecule has 0 amide bonds. The number of nitrogens with one attached hydrogen (secondary N) is 1. The van der Waals surface area contributed by atoms with E-state index in [1.807, 2.05) is 12.2 Å². The minimum atomic E-state index is 0.574. The zero-order valence-electron chi connectivity index (χ0n) is 24.6. The number of nitrogens with two attached hydrogens (primary N) is 1. The Bertz CT molecular complexity index is 2080. The number of allylic oxidation sites excluding steroid dienone is 5. The van der Waals surface area contributed by atoms with Gasteiger partial charge in [0.15, 0.2) is 0 Å². The van der Waals surface area contributed by atoms with Crippen LogP contribution in [0.25, 0.3) is 60.1 Å². The average Bonchev–Trinajstić information content (AvgIpc) is 3.04. The van der Waals surface area contributed by atoms with E-state index in [1.165, 1.54) is 66.3 Å². The minimum Gasteiger partial charge on any atom is -0.398 e. The number of fused-ring (bicyclic) bond motifs is 3. The van der Waals surface area contributed by atoms with Crippen LogP contribution in [-0.4, -0.2) is 6.21 Å². The van der Waals surface area contributed by atoms with E-state index in [1.54, 1.807) is 12.2 Å². The summed E-state index contributed by atoms with van der Waals surface area (Å²) in [6.45, 7) is 8.05. The van der Waals surface area contributed by atoms with Crippen molar-refractivity contribution >= 4 is 44.1 Å². The lowest BCUT2D eigenvalue weighted by molar-refractivity contribution is 1.36. The Morgan fingerprint density at radius 3 is 1.86 bits per heavy atom. The molecule has 0 spiro atoms. The summed E-state index contributed by atoms with van der Waals surface area (Å²) in [5, 5.41) is 14.8. The third-order valence-corrected chi connectivity index (χ3v) is 8.15. The maximum Gasteiger partial charge on any atom is 0.0388 e. The molecule has 2 nitrogen and oxygen atoms in total. The van der Waals surface area contributed by atoms with Gasteiger partial charge < -0.3 is 11.1 Å². The maximum absolute atomic E-state index is 7.36. The molecular formula is C41H34N2. The molecule has 43 heavy (non-hydrogen) atoms. The molecule has 0 aromatic heterocycles. The van der Waals surface area contributed by atoms with Gasteiger partial charge in [0.2, 0.25) is 0 Å². The van der Waals surface area contributed by atoms with Gasteiger partial charge >= 0.3 is 0 Å². The first-order chi connectivity index (χ1) is 21.0. The van der Waals surface area contributed by atoms with Gasteiger partial charge in [-0.15, -0.1) is 0 Å². The molecule has 0 saturated carbocycles. The molecule has 0 heterocycles. The smallest absolute Gasteiger partial charge is 0.0388 e. The molecule has 0 aliphatic heterocycles. The van der Waals surface area contributed by atoms with Gasteiger partial charge in [0.1, 0.15) is 0 Å². The third-order valence-electron chi connectivity index (χ3n) is 8.15. The molecule has 0 aliphatic carbocycles. The van der Waals surface area contributed by atoms with Gasteiger partial charge in [-0.05, 0) is 109 Å². The van der Waals surface area contributed by atoms with Crippen molar-refractivity contribution in [3.05, 3.63) is 162 Å². The number of hydrogen-bond acceptors (Lipinski definition) is 2. The van der Waals surface area contributed by atoms with Gasteiger partial charge in [-0.3, -0.25) is 0 Å². The van der Waals surface area contributed by atoms with Crippen LogP contribution in [0.2, 0.25) is 0 Å². The molecule has 0 aliphatic rings. The zero-order valence-corrected chi connectivity index (χ0v) is 24.6. The second-order valence-corrected chi connectivity index (χ2v) is 11.0. The third kappa shape index (κ3) is 5.31. The summed E-state index contributed by atoms with van der Waals surface area (Å²) in [4.78, 5) is 0. The predicted molar refractivity (Wildman–Crippen MR) is 188 cm³/mol. The Balaban J connectivity index is 1.55. The molecule has 0 saturated heterocycles. The highest BCUT2D eigenvalue weighted by atomic mass is 14.6. The molecule has 0 radical (unpaired) electrons. The van der Waals surface area contributed by atoms with Crippen LogP contribution in [0, 0.1) is 12.3 Å². The first-order valence-corrected chi connectivity index (χ1v) is 14.5. The Kier molecular flexibility index (Phi) is 7.59. The predicted octanol–water partition coefficient (Wildman–Crippen LogP) is 10.8. The number of hydrogen-bond donors (Lipinski definition) is 2. The van der Waals surface area contributed by atoms with Crippen LogP contribution in [0.4, 0.5) is 0 Å². The Hall–Kier alpha value is -5.47. The van der Waals surface area contributed by atoms with Crippen LogP contribution in [0.5, 0.6) is 0 Å². The first-order valence-electron chi connectivity index (χ1n) is 14.5. The average molecular weight is 555 g/mol. The summed E-state index contributed by atoms with van der Waals surface area (Å²) in [6.07, 6.45) is 8.43. The van der Waals surface area contributed by atoms with Crippen molar-refractivity contribution in [2.24, 2.45) is 5.73 Å². The zero-order chi connectivity index (χ0) is 29.9. The normalized spacial score (nSPS) is 12.7. The van der Waals surface area contributed by atoms with E-state index in [2.05, 4.69) is 130 Å². The molecule has 2 heteroatoms. The highest BCUT2D eigenvalue weighted by molar-refractivity contribution is 6.21. The van der Waals surface area contributed by atoms with Crippen molar-refractivity contribution in [1.82, 2.24) is 0 Å². The van der Waals surface area contributed by atoms with Crippen LogP contribution in [0.3, 0.4) is 0 Å². The summed E-state index contributed by atoms with van der Waals surface area (Å²) < 4.78 is 0. The first kappa shape index (κ1) is 27.7. The fraction of sp³-hybridized carbons (Fsp3) is 0.0488. The van der Waals surface area contributed by atoms with Crippen LogP contribution in [0.1, 0.15) is 18.1 Å². The van der Waals surface area contributed by atoms with E-state index in [4.69, 9.17) is 11.1 Å². The molecule has 0 unspecified atom stereocenters. The fourth-order valence-corrected chi connectivity index (χ4v) is 5.97. The Labute approximate surface area is 253 Å². The van der Waals surface area contributed by atoms with Crippen molar-refractivity contribution in [3.63, 3.8) is 0 Å². The number of rotatable bonds is 7. The Morgan fingerprint density at radius 2 is 1.26 bits per heavy atom. The molecule has 6 aromatic carbocycles. The lowest BCUT2D eigenvalue weighted by Gasteiger charge is -2.18. The van der Waals surface area contributed by atoms with Gasteiger partial charge in [0.05, 0.1) is 0 Å². The van der Waals surface area contributed by atoms with E-state index < -0.39 is 0 Å². The van der Waals surface area contributed by atoms with Gasteiger partial charge in [-0.2, -0.15) is 0 Å². The summed E-state index contributed by atoms with van der Waals surface area (Å²) in [7, 11) is 0. The lowest BCUT2D eigenvalue weighted by Crippen LogP contribution is -1.99. The van der Waals surface area contributed by atoms with E-state index in [-0.39, 0.29) is 0 Å². The van der Waals surface area contributed by atoms with Crippen molar-refractivity contribution in [2.75, 3.05) is 0 Å². The highest BCUT2D eigenvalue weighted by Crippen LogP contribution is 2.44. The van der Waals surface area contributed by atoms with Crippen LogP contribution >= 0.6 is 0 Å². The van der Waals surface area contributed by atoms with Crippen LogP contribution < -0.4 is 5.73 Å². The fourth-order valence-electron chi connectivity index (χ4n) is 5.97. The van der Waals surface area contributed by atoms with Gasteiger partial charge in [0, 0.05) is 11.9 Å². The van der Waals surface area contributed by atoms with Crippen LogP contribution in [-0.2, 0) is 0 Å². The van der Waals surface area contributed by atoms with Crippen molar-refractivity contribution in [1.29, 1.82) is 5.41 Å². The van der Waals surface area contributed by atoms with Gasteiger partial charge in [-0.1, -0.05) is 121 Å². The number of aryl methyl sites for hydroxylation is 1. The van der Waals surface area contributed by atoms with Crippen LogP contribution in [0.15, 0.2) is 151 Å². The lowest BCUT2D eigenvalue weighted by atomic mass is 9.85. The van der Waals surface area contributed by atoms with Gasteiger partial charge in [-0.25, -0.2) is 0 Å². The topological polar surface area (TPSA) is 49.9 Å². The van der Waals surface area contributed by atoms with Crippen molar-refractivity contribution in [2.45, 2.75) is 13.8 Å². The van der Waals surface area contributed by atoms with E-state index in [0.717, 1.165) is 16.7 Å². The standard InChI is InChI=1S/C41H34N2/c1-4-29(22-23-42)39(43)21-17-28(3)31-10-9-11-32(25-31)40-35-12-5-7-14-37(35)41(38-15-8-6-13-36(38)40)33-20-19-30-18-16-27(2)24-34(30)26-33/h4-26,42H,1,43H2,2-3H3/b28-17+,29-22+,39-21-,42-23?. The molecule has 3 N–H and O–H groups in total. The second-order valence-electron chi connectivity index (χ2n) is 11.0. The quantitative estimate of drug-likeness (QED) is 0.115. The van der Waals surface area contributed by atoms with Crippen molar-refractivity contribution in [3.8, 4) is 22.3 Å². The molecule has 0 atom stereocenters. The molecule has 0 bridgehead atoms. The second kappa shape index (κ2) is 11.8. The highest BCUT2D eigenvalue weighted by Gasteiger charge is 2.17. The molecule has 0 fully saturated rings. The van der Waals surface area contributed by atoms with E-state index in [9.17, 15) is 0 Å². The van der Waals surface area contributed by atoms with Gasteiger partial charge in [0.25, 0.3) is 0 Å². The van der Waals surface area contributed by atoms with Crippen molar-refractivity contribution < 1.29 is 0 Å². The van der Waals surface area contributed by atoms with E-state index in [0.29, 0.717) is 5.70 Å². The van der Waals surface area contributed by atoms with E-state index >= 15 is 0 Å². The maximum atomic E-state index is 7.36. The summed E-state index contributed by atoms with van der Waals surface area (Å²) in [5.74, 6) is 0. The number of benzene rings is 6. The summed E-state index contributed by atoms with van der Waals surface area (Å²) in [5.41, 5.74) is 16.0. The SMILES string of the molecule is C=CC(=C\C=N)/C(N)=C/C=C(\C)c1cccc(-c2c3ccccc3c(-c3ccc4ccc(C)cc4c3)c3ccccc23)c1. The minimum absolute atomic E-state index is 0.574. The molecule has 208 valence electrons. The molecule has 6 rings (SSSR count). The summed E-state index contributed by atoms with van der Waals surface area (Å²) >= 11 is 0. The largest absolute Gasteiger partial charge is 0.398 e. The molecule has 6 aromatic rings. The Morgan fingerprint density at radius 1 is 0.651 bits per heavy atom. The summed E-state index contributed by atoms with van der Waals surface area (Å²) in [6, 6.07) is 39.8. The monoisotopic (exact) mass is 554 g/mol.